The van der Waals surface area contributed by atoms with E-state index in [2.05, 4.69) is 6.07 Å². The molecule has 0 radical (unpaired) electrons. The van der Waals surface area contributed by atoms with E-state index < -0.39 is 53.4 Å². The fourth-order valence-corrected chi connectivity index (χ4v) is 5.51. The van der Waals surface area contributed by atoms with Crippen molar-refractivity contribution in [2.24, 2.45) is 11.3 Å². The van der Waals surface area contributed by atoms with Gasteiger partial charge < -0.3 is 10.0 Å². The molecule has 0 unspecified atom stereocenters. The molecule has 1 N–H and O–H groups in total. The summed E-state index contributed by atoms with van der Waals surface area (Å²) >= 11 is 0. The monoisotopic (exact) mass is 501 g/mol. The normalized spacial score (nSPS) is 24.6. The van der Waals surface area contributed by atoms with Gasteiger partial charge in [0.1, 0.15) is 0 Å². The highest BCUT2D eigenvalue weighted by molar-refractivity contribution is 6.15. The van der Waals surface area contributed by atoms with Gasteiger partial charge in [-0.2, -0.15) is 5.26 Å². The number of halogens is 2. The van der Waals surface area contributed by atoms with Crippen LogP contribution in [-0.2, 0) is 14.4 Å². The molecule has 36 heavy (non-hydrogen) atoms. The number of alkyl halides is 2. The summed E-state index contributed by atoms with van der Waals surface area (Å²) < 4.78 is 28.9. The third kappa shape index (κ3) is 4.66. The number of aliphatic carboxylic acids is 1. The molecule has 1 amide bonds. The Bertz CT molecular complexity index is 1160. The number of piperidine rings is 1. The van der Waals surface area contributed by atoms with Crippen molar-refractivity contribution < 1.29 is 28.3 Å². The number of carboxylic acids is 1. The van der Waals surface area contributed by atoms with Gasteiger partial charge in [-0.15, -0.1) is 0 Å². The lowest BCUT2D eigenvalue weighted by Crippen LogP contribution is -2.74. The number of ketones is 1. The predicted molar refractivity (Wildman–Crippen MR) is 130 cm³/mol. The molecule has 1 aromatic rings. The van der Waals surface area contributed by atoms with Crippen LogP contribution in [0, 0.1) is 36.5 Å². The van der Waals surface area contributed by atoms with Gasteiger partial charge in [-0.3, -0.25) is 19.3 Å². The topological polar surface area (TPSA) is 102 Å². The number of nitrogens with zero attached hydrogens (tertiary/aromatic N) is 3. The lowest BCUT2D eigenvalue weighted by atomic mass is 9.65. The van der Waals surface area contributed by atoms with Crippen molar-refractivity contribution in [3.63, 3.8) is 0 Å². The number of likely N-dealkylation sites (tertiary alicyclic amines) is 1. The maximum Gasteiger partial charge on any atom is 0.309 e. The van der Waals surface area contributed by atoms with Crippen LogP contribution in [0.15, 0.2) is 18.2 Å². The van der Waals surface area contributed by atoms with Crippen molar-refractivity contribution in [3.05, 3.63) is 40.5 Å². The molecule has 7 nitrogen and oxygen atoms in total. The van der Waals surface area contributed by atoms with Gasteiger partial charge in [0.05, 0.1) is 24.1 Å². The van der Waals surface area contributed by atoms with Crippen LogP contribution >= 0.6 is 0 Å². The van der Waals surface area contributed by atoms with E-state index in [1.165, 1.54) is 11.9 Å². The largest absolute Gasteiger partial charge is 0.481 e. The molecule has 2 heterocycles. The Morgan fingerprint density at radius 1 is 1.17 bits per heavy atom. The lowest BCUT2D eigenvalue weighted by molar-refractivity contribution is -0.189. The zero-order valence-corrected chi connectivity index (χ0v) is 21.6. The standard InChI is InChI=1S/C27H33F2N3O4/c1-16-11-19(12-17(2)20(16)14-30)18-7-9-32(10-8-18)24(36)27(23(35)25(3,4)5)21(22(33)34)13-26(28,29)15-31(27)6/h7,11-12,21H,8-10,13,15H2,1-6H3,(H,33,34)/t21-,27+/m1/s1. The Labute approximate surface area is 210 Å². The molecule has 0 aromatic heterocycles. The second-order valence-electron chi connectivity index (χ2n) is 11.0. The number of benzene rings is 1. The maximum absolute atomic E-state index is 14.5. The number of carboxylic acid groups (broad SMARTS) is 1. The number of nitriles is 1. The molecule has 0 saturated carbocycles. The Balaban J connectivity index is 2.02. The summed E-state index contributed by atoms with van der Waals surface area (Å²) in [7, 11) is 1.23. The smallest absolute Gasteiger partial charge is 0.309 e. The second-order valence-corrected chi connectivity index (χ2v) is 11.0. The molecule has 0 spiro atoms. The first kappa shape index (κ1) is 27.5. The molecule has 0 aliphatic carbocycles. The summed E-state index contributed by atoms with van der Waals surface area (Å²) in [5.74, 6) is -8.27. The molecule has 1 aromatic carbocycles. The lowest BCUT2D eigenvalue weighted by Gasteiger charge is -2.52. The number of carbonyl (C=O) groups excluding carboxylic acids is 2. The number of hydrogen-bond donors (Lipinski definition) is 1. The van der Waals surface area contributed by atoms with E-state index in [1.54, 1.807) is 20.8 Å². The van der Waals surface area contributed by atoms with Crippen LogP contribution in [0.1, 0.15) is 55.9 Å². The van der Waals surface area contributed by atoms with E-state index in [9.17, 15) is 33.5 Å². The molecule has 2 aliphatic rings. The molecule has 1 fully saturated rings. The highest BCUT2D eigenvalue weighted by Gasteiger charge is 2.66. The second kappa shape index (κ2) is 9.40. The van der Waals surface area contributed by atoms with Gasteiger partial charge in [0.25, 0.3) is 11.8 Å². The van der Waals surface area contributed by atoms with Crippen LogP contribution in [0.3, 0.4) is 0 Å². The number of amides is 1. The first-order valence-corrected chi connectivity index (χ1v) is 11.9. The molecule has 194 valence electrons. The maximum atomic E-state index is 14.5. The van der Waals surface area contributed by atoms with Gasteiger partial charge in [-0.05, 0) is 49.6 Å². The van der Waals surface area contributed by atoms with Crippen molar-refractivity contribution in [1.29, 1.82) is 5.26 Å². The first-order valence-electron chi connectivity index (χ1n) is 11.9. The minimum Gasteiger partial charge on any atom is -0.481 e. The van der Waals surface area contributed by atoms with Crippen LogP contribution < -0.4 is 0 Å². The number of aryl methyl sites for hydroxylation is 2. The molecular formula is C27H33F2N3O4. The summed E-state index contributed by atoms with van der Waals surface area (Å²) in [6, 6.07) is 6.02. The third-order valence-electron chi connectivity index (χ3n) is 7.24. The van der Waals surface area contributed by atoms with E-state index in [-0.39, 0.29) is 13.1 Å². The summed E-state index contributed by atoms with van der Waals surface area (Å²) in [5.41, 5.74) is 0.814. The molecule has 2 aliphatic heterocycles. The average Bonchev–Trinajstić information content (AvgIpc) is 2.77. The number of hydrogen-bond acceptors (Lipinski definition) is 5. The van der Waals surface area contributed by atoms with E-state index in [0.29, 0.717) is 12.0 Å². The summed E-state index contributed by atoms with van der Waals surface area (Å²) in [4.78, 5) is 42.4. The van der Waals surface area contributed by atoms with E-state index in [1.807, 2.05) is 32.1 Å². The van der Waals surface area contributed by atoms with Gasteiger partial charge in [-0.25, -0.2) is 8.78 Å². The number of Topliss-reactive ketones (excluding diaryl/α,β-unsaturated/α-hetero) is 1. The average molecular weight is 502 g/mol. The van der Waals surface area contributed by atoms with Gasteiger partial charge in [0.2, 0.25) is 0 Å². The Hall–Kier alpha value is -3.12. The fraction of sp³-hybridized carbons (Fsp3) is 0.556. The molecule has 3 rings (SSSR count). The Morgan fingerprint density at radius 3 is 2.19 bits per heavy atom. The summed E-state index contributed by atoms with van der Waals surface area (Å²) in [5, 5.41) is 19.3. The van der Waals surface area contributed by atoms with E-state index in [0.717, 1.165) is 27.2 Å². The van der Waals surface area contributed by atoms with Crippen LogP contribution in [0.2, 0.25) is 0 Å². The zero-order valence-electron chi connectivity index (χ0n) is 21.6. The van der Waals surface area contributed by atoms with Gasteiger partial charge in [-0.1, -0.05) is 39.0 Å². The molecule has 2 atom stereocenters. The third-order valence-corrected chi connectivity index (χ3v) is 7.24. The Morgan fingerprint density at radius 2 is 1.75 bits per heavy atom. The predicted octanol–water partition coefficient (Wildman–Crippen LogP) is 3.82. The van der Waals surface area contributed by atoms with Crippen molar-refractivity contribution in [1.82, 2.24) is 9.80 Å². The molecular weight excluding hydrogens is 468 g/mol. The Kier molecular flexibility index (Phi) is 7.17. The number of carbonyl (C=O) groups is 3. The van der Waals surface area contributed by atoms with Crippen molar-refractivity contribution >= 4 is 23.2 Å². The first-order chi connectivity index (χ1) is 16.6. The van der Waals surface area contributed by atoms with Crippen LogP contribution in [0.5, 0.6) is 0 Å². The van der Waals surface area contributed by atoms with Crippen molar-refractivity contribution in [2.75, 3.05) is 26.7 Å². The van der Waals surface area contributed by atoms with Crippen LogP contribution in [0.4, 0.5) is 8.78 Å². The highest BCUT2D eigenvalue weighted by Crippen LogP contribution is 2.45. The van der Waals surface area contributed by atoms with Crippen molar-refractivity contribution in [3.8, 4) is 6.07 Å². The molecule has 9 heteroatoms. The SMILES string of the molecule is Cc1cc(C2=CCN(C(=O)[C@@]3(C(=O)C(C)(C)C)[C@@H](C(=O)O)CC(F)(F)CN3C)CC2)cc(C)c1C#N. The van der Waals surface area contributed by atoms with E-state index >= 15 is 0 Å². The minimum atomic E-state index is -3.35. The number of rotatable bonds is 4. The van der Waals surface area contributed by atoms with Gasteiger partial charge in [0.15, 0.2) is 11.3 Å². The zero-order chi connectivity index (χ0) is 27.2. The van der Waals surface area contributed by atoms with Gasteiger partial charge in [0, 0.05) is 24.9 Å². The minimum absolute atomic E-state index is 0.113. The van der Waals surface area contributed by atoms with Crippen molar-refractivity contribution in [2.45, 2.75) is 58.9 Å². The van der Waals surface area contributed by atoms with Crippen LogP contribution in [-0.4, -0.2) is 70.7 Å². The van der Waals surface area contributed by atoms with Gasteiger partial charge >= 0.3 is 5.97 Å². The molecule has 1 saturated heterocycles. The summed E-state index contributed by atoms with van der Waals surface area (Å²) in [6.45, 7) is 7.84. The quantitative estimate of drug-likeness (QED) is 0.630. The number of likely N-dealkylation sites (N-methyl/N-ethyl adjacent to an activating group) is 1. The molecule has 0 bridgehead atoms. The van der Waals surface area contributed by atoms with E-state index in [4.69, 9.17) is 0 Å². The summed E-state index contributed by atoms with van der Waals surface area (Å²) in [6.07, 6.45) is 1.19. The highest BCUT2D eigenvalue weighted by atomic mass is 19.3. The fourth-order valence-electron chi connectivity index (χ4n) is 5.51. The van der Waals surface area contributed by atoms with Crippen LogP contribution in [0.25, 0.3) is 5.57 Å².